The lowest BCUT2D eigenvalue weighted by atomic mass is 10.1. The number of nitro groups is 1. The molecule has 0 atom stereocenters. The highest BCUT2D eigenvalue weighted by Crippen LogP contribution is 2.27. The molecule has 0 saturated carbocycles. The van der Waals surface area contributed by atoms with Crippen molar-refractivity contribution in [3.8, 4) is 16.9 Å². The summed E-state index contributed by atoms with van der Waals surface area (Å²) < 4.78 is 2.51. The van der Waals surface area contributed by atoms with Gasteiger partial charge < -0.3 is 9.88 Å². The summed E-state index contributed by atoms with van der Waals surface area (Å²) in [6.45, 7) is 0. The van der Waals surface area contributed by atoms with Gasteiger partial charge in [0.1, 0.15) is 0 Å². The number of benzene rings is 2. The van der Waals surface area contributed by atoms with Crippen LogP contribution in [0.4, 0.5) is 17.1 Å². The Labute approximate surface area is 143 Å². The van der Waals surface area contributed by atoms with Gasteiger partial charge in [0.15, 0.2) is 7.05 Å². The van der Waals surface area contributed by atoms with Gasteiger partial charge in [-0.05, 0) is 18.2 Å². The number of aromatic nitrogens is 2. The predicted octanol–water partition coefficient (Wildman–Crippen LogP) is 3.53. The molecule has 0 unspecified atom stereocenters. The van der Waals surface area contributed by atoms with E-state index in [0.29, 0.717) is 17.1 Å². The molecular weight excluding hydrogens is 322 g/mol. The molecule has 8 heteroatoms. The highest BCUT2D eigenvalue weighted by molar-refractivity contribution is 5.67. The first kappa shape index (κ1) is 16.3. The molecule has 25 heavy (non-hydrogen) atoms. The van der Waals surface area contributed by atoms with Gasteiger partial charge in [0.2, 0.25) is 0 Å². The van der Waals surface area contributed by atoms with Gasteiger partial charge in [0.25, 0.3) is 11.4 Å². The van der Waals surface area contributed by atoms with Crippen LogP contribution in [0.3, 0.4) is 0 Å². The Kier molecular flexibility index (Phi) is 4.25. The maximum atomic E-state index is 11.3. The minimum Gasteiger partial charge on any atom is -0.386 e. The Balaban J connectivity index is 2.00. The van der Waals surface area contributed by atoms with E-state index in [-0.39, 0.29) is 5.69 Å². The van der Waals surface area contributed by atoms with Gasteiger partial charge in [-0.1, -0.05) is 0 Å². The van der Waals surface area contributed by atoms with E-state index >= 15 is 0 Å². The van der Waals surface area contributed by atoms with E-state index in [4.69, 9.17) is 0 Å². The molecule has 1 N–H and O–H groups in total. The second-order valence-electron chi connectivity index (χ2n) is 5.42. The first-order chi connectivity index (χ1) is 12.0. The van der Waals surface area contributed by atoms with Crippen molar-refractivity contribution in [2.24, 2.45) is 0 Å². The Morgan fingerprint density at radius 1 is 1.08 bits per heavy atom. The summed E-state index contributed by atoms with van der Waals surface area (Å²) in [7, 11) is 3.19. The average molecular weight is 338 g/mol. The number of imidazole rings is 1. The standard InChI is InChI=1S/C17H16N5O3/c1-18-15-8-7-14(22(24)25)9-17(15)21-10-16(19-11-21)12-3-5-13(6-4-12)20(2)23/h3-11,18H,1-2H3/q+1. The smallest absolute Gasteiger partial charge is 0.271 e. The molecule has 2 aromatic carbocycles. The third-order valence-electron chi connectivity index (χ3n) is 3.85. The lowest BCUT2D eigenvalue weighted by molar-refractivity contribution is -0.428. The zero-order valence-electron chi connectivity index (χ0n) is 13.7. The Hall–Kier alpha value is -3.55. The number of hydrogen-bond donors (Lipinski definition) is 1. The van der Waals surface area contributed by atoms with E-state index < -0.39 is 4.92 Å². The topological polar surface area (TPSA) is 93.1 Å². The lowest BCUT2D eigenvalue weighted by Gasteiger charge is -2.09. The molecule has 0 bridgehead atoms. The van der Waals surface area contributed by atoms with Crippen LogP contribution in [0.1, 0.15) is 0 Å². The van der Waals surface area contributed by atoms with Crippen molar-refractivity contribution in [3.05, 3.63) is 70.0 Å². The second-order valence-corrected chi connectivity index (χ2v) is 5.42. The van der Waals surface area contributed by atoms with Crippen molar-refractivity contribution >= 4 is 17.1 Å². The molecule has 0 aliphatic carbocycles. The number of nitrogens with one attached hydrogen (secondary N) is 1. The van der Waals surface area contributed by atoms with Crippen LogP contribution in [0.5, 0.6) is 0 Å². The van der Waals surface area contributed by atoms with Gasteiger partial charge in [-0.2, -0.15) is 0 Å². The molecule has 0 spiro atoms. The van der Waals surface area contributed by atoms with Crippen LogP contribution in [0, 0.1) is 15.0 Å². The van der Waals surface area contributed by atoms with Crippen LogP contribution in [0.2, 0.25) is 0 Å². The fourth-order valence-electron chi connectivity index (χ4n) is 2.50. The molecule has 0 aliphatic heterocycles. The molecule has 1 aromatic heterocycles. The molecule has 0 radical (unpaired) electrons. The summed E-state index contributed by atoms with van der Waals surface area (Å²) in [6.07, 6.45) is 3.39. The molecule has 3 aromatic rings. The van der Waals surface area contributed by atoms with Gasteiger partial charge in [0.05, 0.1) is 28.3 Å². The van der Waals surface area contributed by atoms with Crippen LogP contribution in [-0.4, -0.2) is 33.3 Å². The van der Waals surface area contributed by atoms with Crippen LogP contribution in [0.15, 0.2) is 55.0 Å². The number of nitroso groups, excluding NO2 is 1. The second kappa shape index (κ2) is 6.52. The normalized spacial score (nSPS) is 10.5. The Morgan fingerprint density at radius 3 is 2.36 bits per heavy atom. The first-order valence-corrected chi connectivity index (χ1v) is 7.51. The Bertz CT molecular complexity index is 947. The van der Waals surface area contributed by atoms with Gasteiger partial charge in [0, 0.05) is 52.7 Å². The summed E-state index contributed by atoms with van der Waals surface area (Å²) in [5, 5.41) is 14.0. The summed E-state index contributed by atoms with van der Waals surface area (Å²) >= 11 is 0. The third kappa shape index (κ3) is 3.23. The maximum Gasteiger partial charge on any atom is 0.271 e. The average Bonchev–Trinajstić information content (AvgIpc) is 3.11. The van der Waals surface area contributed by atoms with E-state index in [9.17, 15) is 15.0 Å². The largest absolute Gasteiger partial charge is 0.386 e. The number of nitro benzene ring substituents is 1. The molecule has 0 saturated heterocycles. The highest BCUT2D eigenvalue weighted by atomic mass is 16.6. The number of nitrogens with zero attached hydrogens (tertiary/aromatic N) is 4. The fraction of sp³-hybridized carbons (Fsp3) is 0.118. The van der Waals surface area contributed by atoms with Gasteiger partial charge >= 0.3 is 0 Å². The van der Waals surface area contributed by atoms with E-state index in [1.807, 2.05) is 12.1 Å². The molecular formula is C17H16N5O3+. The van der Waals surface area contributed by atoms with E-state index in [1.54, 1.807) is 42.3 Å². The fourth-order valence-corrected chi connectivity index (χ4v) is 2.50. The summed E-state index contributed by atoms with van der Waals surface area (Å²) in [6, 6.07) is 11.7. The summed E-state index contributed by atoms with van der Waals surface area (Å²) in [4.78, 5) is 26.2. The van der Waals surface area contributed by atoms with E-state index in [2.05, 4.69) is 10.3 Å². The van der Waals surface area contributed by atoms with Crippen molar-refractivity contribution < 1.29 is 9.68 Å². The van der Waals surface area contributed by atoms with Crippen LogP contribution < -0.4 is 5.32 Å². The molecule has 126 valence electrons. The molecule has 0 fully saturated rings. The Morgan fingerprint density at radius 2 is 1.76 bits per heavy atom. The molecule has 0 amide bonds. The summed E-state index contributed by atoms with van der Waals surface area (Å²) in [5.74, 6) is 0. The molecule has 1 heterocycles. The number of non-ortho nitro benzene ring substituents is 1. The van der Waals surface area contributed by atoms with Crippen LogP contribution in [-0.2, 0) is 0 Å². The maximum absolute atomic E-state index is 11.3. The number of anilines is 1. The molecule has 0 aliphatic rings. The third-order valence-corrected chi connectivity index (χ3v) is 3.85. The first-order valence-electron chi connectivity index (χ1n) is 7.51. The zero-order valence-corrected chi connectivity index (χ0v) is 13.7. The van der Waals surface area contributed by atoms with Gasteiger partial charge in [-0.25, -0.2) is 4.98 Å². The van der Waals surface area contributed by atoms with Crippen molar-refractivity contribution in [2.75, 3.05) is 19.4 Å². The van der Waals surface area contributed by atoms with Crippen molar-refractivity contribution in [3.63, 3.8) is 0 Å². The van der Waals surface area contributed by atoms with Crippen molar-refractivity contribution in [2.45, 2.75) is 0 Å². The predicted molar refractivity (Wildman–Crippen MR) is 94.4 cm³/mol. The van der Waals surface area contributed by atoms with E-state index in [1.165, 1.54) is 19.2 Å². The monoisotopic (exact) mass is 338 g/mol. The van der Waals surface area contributed by atoms with Crippen molar-refractivity contribution in [1.82, 2.24) is 9.55 Å². The minimum atomic E-state index is -0.432. The number of rotatable bonds is 5. The minimum absolute atomic E-state index is 0.00656. The number of hydrogen-bond acceptors (Lipinski definition) is 5. The molecule has 3 rings (SSSR count). The SMILES string of the molecule is CNc1ccc([N+](=O)[O-])cc1-n1cnc(-c2ccc([N+](C)=O)cc2)c1. The lowest BCUT2D eigenvalue weighted by Crippen LogP contribution is -2.00. The van der Waals surface area contributed by atoms with Gasteiger partial charge in [-0.15, -0.1) is 0 Å². The van der Waals surface area contributed by atoms with Gasteiger partial charge in [-0.3, -0.25) is 10.1 Å². The molecule has 8 nitrogen and oxygen atoms in total. The summed E-state index contributed by atoms with van der Waals surface area (Å²) in [5.41, 5.74) is 3.49. The van der Waals surface area contributed by atoms with Crippen LogP contribution in [0.25, 0.3) is 16.9 Å². The quantitative estimate of drug-likeness (QED) is 0.436. The van der Waals surface area contributed by atoms with E-state index in [0.717, 1.165) is 16.0 Å². The highest BCUT2D eigenvalue weighted by Gasteiger charge is 2.13. The van der Waals surface area contributed by atoms with Crippen molar-refractivity contribution in [1.29, 1.82) is 0 Å². The van der Waals surface area contributed by atoms with Crippen LogP contribution >= 0.6 is 0 Å². The zero-order chi connectivity index (χ0) is 18.0.